The molecule has 0 radical (unpaired) electrons. The summed E-state index contributed by atoms with van der Waals surface area (Å²) in [5.74, 6) is 0. The summed E-state index contributed by atoms with van der Waals surface area (Å²) in [5.41, 5.74) is 0.985. The molecule has 0 aromatic rings. The summed E-state index contributed by atoms with van der Waals surface area (Å²) in [5, 5.41) is 12.1. The monoisotopic (exact) mass is 195 g/mol. The SMILES string of the molecule is ON=C1CCC/C=C\CCCCCC1. The van der Waals surface area contributed by atoms with E-state index in [9.17, 15) is 0 Å². The number of oxime groups is 1. The van der Waals surface area contributed by atoms with Gasteiger partial charge in [-0.1, -0.05) is 30.1 Å². The van der Waals surface area contributed by atoms with E-state index in [1.165, 1.54) is 32.1 Å². The fourth-order valence-electron chi connectivity index (χ4n) is 1.83. The maximum absolute atomic E-state index is 8.77. The second kappa shape index (κ2) is 7.60. The van der Waals surface area contributed by atoms with Crippen molar-refractivity contribution in [3.63, 3.8) is 0 Å². The molecule has 1 aliphatic carbocycles. The molecule has 80 valence electrons. The van der Waals surface area contributed by atoms with Gasteiger partial charge >= 0.3 is 0 Å². The quantitative estimate of drug-likeness (QED) is 0.355. The zero-order valence-corrected chi connectivity index (χ0v) is 8.91. The Balaban J connectivity index is 2.33. The third-order valence-electron chi connectivity index (χ3n) is 2.73. The lowest BCUT2D eigenvalue weighted by molar-refractivity contribution is 0.315. The standard InChI is InChI=1S/C12H21NO/c14-13-12-10-8-6-4-2-1-3-5-7-9-11-12/h2,4,14H,1,3,5-11H2/b4-2-,13-12?. The highest BCUT2D eigenvalue weighted by Crippen LogP contribution is 2.11. The number of hydrogen-bond donors (Lipinski definition) is 1. The van der Waals surface area contributed by atoms with Crippen LogP contribution in [0, 0.1) is 0 Å². The average molecular weight is 195 g/mol. The number of hydrogen-bond acceptors (Lipinski definition) is 2. The molecule has 2 nitrogen and oxygen atoms in total. The van der Waals surface area contributed by atoms with Crippen molar-refractivity contribution in [1.82, 2.24) is 0 Å². The molecule has 14 heavy (non-hydrogen) atoms. The molecule has 2 heteroatoms. The van der Waals surface area contributed by atoms with Gasteiger partial charge in [-0.15, -0.1) is 0 Å². The molecular formula is C12H21NO. The second-order valence-electron chi connectivity index (χ2n) is 3.98. The summed E-state index contributed by atoms with van der Waals surface area (Å²) in [6.07, 6.45) is 15.0. The molecule has 0 aromatic heterocycles. The van der Waals surface area contributed by atoms with Crippen molar-refractivity contribution >= 4 is 5.71 Å². The minimum Gasteiger partial charge on any atom is -0.411 e. The maximum Gasteiger partial charge on any atom is 0.0571 e. The van der Waals surface area contributed by atoms with E-state index in [2.05, 4.69) is 17.3 Å². The summed E-state index contributed by atoms with van der Waals surface area (Å²) in [6.45, 7) is 0. The lowest BCUT2D eigenvalue weighted by atomic mass is 10.0. The third kappa shape index (κ3) is 5.05. The molecule has 1 aliphatic rings. The molecule has 0 spiro atoms. The van der Waals surface area contributed by atoms with E-state index in [4.69, 9.17) is 5.21 Å². The maximum atomic E-state index is 8.77. The normalized spacial score (nSPS) is 26.4. The molecule has 0 atom stereocenters. The minimum absolute atomic E-state index is 0.959. The van der Waals surface area contributed by atoms with Crippen LogP contribution in [-0.4, -0.2) is 10.9 Å². The summed E-state index contributed by atoms with van der Waals surface area (Å²) in [6, 6.07) is 0. The number of nitrogens with zero attached hydrogens (tertiary/aromatic N) is 1. The van der Waals surface area contributed by atoms with Crippen LogP contribution in [-0.2, 0) is 0 Å². The highest BCUT2D eigenvalue weighted by Gasteiger charge is 2.00. The van der Waals surface area contributed by atoms with Gasteiger partial charge in [0, 0.05) is 0 Å². The van der Waals surface area contributed by atoms with Gasteiger partial charge in [0.25, 0.3) is 0 Å². The van der Waals surface area contributed by atoms with Crippen molar-refractivity contribution in [2.24, 2.45) is 5.16 Å². The first-order valence-corrected chi connectivity index (χ1v) is 5.78. The zero-order valence-electron chi connectivity index (χ0n) is 8.91. The van der Waals surface area contributed by atoms with E-state index in [1.807, 2.05) is 0 Å². The van der Waals surface area contributed by atoms with Gasteiger partial charge in [0.15, 0.2) is 0 Å². The highest BCUT2D eigenvalue weighted by molar-refractivity contribution is 5.83. The Morgan fingerprint density at radius 2 is 1.50 bits per heavy atom. The van der Waals surface area contributed by atoms with Crippen LogP contribution in [0.25, 0.3) is 0 Å². The number of allylic oxidation sites excluding steroid dienone is 2. The summed E-state index contributed by atoms with van der Waals surface area (Å²) in [4.78, 5) is 0. The van der Waals surface area contributed by atoms with Gasteiger partial charge in [-0.05, 0) is 44.9 Å². The van der Waals surface area contributed by atoms with Gasteiger partial charge in [0.1, 0.15) is 0 Å². The lowest BCUT2D eigenvalue weighted by Crippen LogP contribution is -1.98. The largest absolute Gasteiger partial charge is 0.411 e. The summed E-state index contributed by atoms with van der Waals surface area (Å²) < 4.78 is 0. The molecule has 0 heterocycles. The smallest absolute Gasteiger partial charge is 0.0571 e. The van der Waals surface area contributed by atoms with Crippen molar-refractivity contribution in [3.05, 3.63) is 12.2 Å². The molecule has 0 unspecified atom stereocenters. The highest BCUT2D eigenvalue weighted by atomic mass is 16.4. The molecule has 0 amide bonds. The Kier molecular flexibility index (Phi) is 6.13. The molecule has 1 rings (SSSR count). The van der Waals surface area contributed by atoms with Gasteiger partial charge in [-0.3, -0.25) is 0 Å². The van der Waals surface area contributed by atoms with Crippen LogP contribution >= 0.6 is 0 Å². The molecule has 0 fully saturated rings. The van der Waals surface area contributed by atoms with Crippen LogP contribution in [0.3, 0.4) is 0 Å². The van der Waals surface area contributed by atoms with Crippen molar-refractivity contribution in [2.75, 3.05) is 0 Å². The van der Waals surface area contributed by atoms with E-state index < -0.39 is 0 Å². The van der Waals surface area contributed by atoms with Gasteiger partial charge < -0.3 is 5.21 Å². The molecular weight excluding hydrogens is 174 g/mol. The molecule has 1 N–H and O–H groups in total. The van der Waals surface area contributed by atoms with Gasteiger partial charge in [-0.2, -0.15) is 0 Å². The van der Waals surface area contributed by atoms with Crippen LogP contribution < -0.4 is 0 Å². The Morgan fingerprint density at radius 3 is 2.29 bits per heavy atom. The first kappa shape index (κ1) is 11.3. The fourth-order valence-corrected chi connectivity index (χ4v) is 1.83. The Labute approximate surface area is 86.7 Å². The average Bonchev–Trinajstić information content (AvgIpc) is 2.19. The lowest BCUT2D eigenvalue weighted by Gasteiger charge is -2.04. The Morgan fingerprint density at radius 1 is 0.857 bits per heavy atom. The van der Waals surface area contributed by atoms with E-state index in [0.717, 1.165) is 31.4 Å². The molecule has 0 saturated heterocycles. The number of rotatable bonds is 0. The van der Waals surface area contributed by atoms with Crippen LogP contribution in [0.2, 0.25) is 0 Å². The predicted octanol–water partition coefficient (Wildman–Crippen LogP) is 3.90. The molecule has 0 bridgehead atoms. The van der Waals surface area contributed by atoms with Crippen LogP contribution in [0.4, 0.5) is 0 Å². The van der Waals surface area contributed by atoms with E-state index in [0.29, 0.717) is 0 Å². The Bertz CT molecular complexity index is 196. The fraction of sp³-hybridized carbons (Fsp3) is 0.750. The first-order chi connectivity index (χ1) is 6.93. The van der Waals surface area contributed by atoms with Crippen LogP contribution in [0.1, 0.15) is 57.8 Å². The van der Waals surface area contributed by atoms with Crippen molar-refractivity contribution < 1.29 is 5.21 Å². The van der Waals surface area contributed by atoms with Gasteiger partial charge in [0.05, 0.1) is 5.71 Å². The van der Waals surface area contributed by atoms with E-state index >= 15 is 0 Å². The van der Waals surface area contributed by atoms with Gasteiger partial charge in [0.2, 0.25) is 0 Å². The van der Waals surface area contributed by atoms with Crippen LogP contribution in [0.5, 0.6) is 0 Å². The van der Waals surface area contributed by atoms with E-state index in [1.54, 1.807) is 0 Å². The Hall–Kier alpha value is -0.790. The summed E-state index contributed by atoms with van der Waals surface area (Å²) in [7, 11) is 0. The minimum atomic E-state index is 0.959. The zero-order chi connectivity index (χ0) is 10.1. The summed E-state index contributed by atoms with van der Waals surface area (Å²) >= 11 is 0. The molecule has 0 aromatic carbocycles. The van der Waals surface area contributed by atoms with Crippen LogP contribution in [0.15, 0.2) is 17.3 Å². The first-order valence-electron chi connectivity index (χ1n) is 5.78. The topological polar surface area (TPSA) is 32.6 Å². The molecule has 0 saturated carbocycles. The van der Waals surface area contributed by atoms with Crippen molar-refractivity contribution in [3.8, 4) is 0 Å². The molecule has 0 aliphatic heterocycles. The van der Waals surface area contributed by atoms with Gasteiger partial charge in [-0.25, -0.2) is 0 Å². The third-order valence-corrected chi connectivity index (χ3v) is 2.73. The predicted molar refractivity (Wildman–Crippen MR) is 59.9 cm³/mol. The second-order valence-corrected chi connectivity index (χ2v) is 3.98. The van der Waals surface area contributed by atoms with E-state index in [-0.39, 0.29) is 0 Å². The van der Waals surface area contributed by atoms with Crippen molar-refractivity contribution in [2.45, 2.75) is 57.8 Å². The van der Waals surface area contributed by atoms with Crippen molar-refractivity contribution in [1.29, 1.82) is 0 Å².